The van der Waals surface area contributed by atoms with Crippen molar-refractivity contribution in [3.8, 4) is 0 Å². The summed E-state index contributed by atoms with van der Waals surface area (Å²) in [6.45, 7) is 3.55. The van der Waals surface area contributed by atoms with E-state index >= 15 is 0 Å². The number of benzene rings is 1. The molecule has 0 radical (unpaired) electrons. The molecule has 0 N–H and O–H groups in total. The van der Waals surface area contributed by atoms with Crippen LogP contribution in [0.15, 0.2) is 46.9 Å². The van der Waals surface area contributed by atoms with Crippen LogP contribution in [-0.4, -0.2) is 41.0 Å². The van der Waals surface area contributed by atoms with Gasteiger partial charge in [-0.15, -0.1) is 11.3 Å². The quantitative estimate of drug-likeness (QED) is 0.786. The first-order chi connectivity index (χ1) is 12.9. The summed E-state index contributed by atoms with van der Waals surface area (Å²) in [5, 5.41) is 7.95. The summed E-state index contributed by atoms with van der Waals surface area (Å²) < 4.78 is 13.3. The maximum atomic E-state index is 13.3. The van der Waals surface area contributed by atoms with Crippen LogP contribution in [0.3, 0.4) is 0 Å². The molecule has 0 saturated carbocycles. The molecule has 0 bridgehead atoms. The molecule has 142 valence electrons. The summed E-state index contributed by atoms with van der Waals surface area (Å²) in [4.78, 5) is 27.4. The first-order valence-corrected chi connectivity index (χ1v) is 9.68. The molecule has 1 aromatic heterocycles. The highest BCUT2D eigenvalue weighted by molar-refractivity contribution is 7.12. The number of rotatable bonds is 5. The highest BCUT2D eigenvalue weighted by Gasteiger charge is 2.34. The maximum Gasteiger partial charge on any atom is 0.262 e. The number of thiophene rings is 1. The number of hydrogen-bond donors (Lipinski definition) is 0. The lowest BCUT2D eigenvalue weighted by Crippen LogP contribution is -2.40. The summed E-state index contributed by atoms with van der Waals surface area (Å²) in [5.41, 5.74) is 1.64. The zero-order chi connectivity index (χ0) is 19.6. The number of hydrogen-bond acceptors (Lipinski definition) is 4. The predicted octanol–water partition coefficient (Wildman–Crippen LogP) is 3.68. The van der Waals surface area contributed by atoms with Gasteiger partial charge in [0.2, 0.25) is 5.91 Å². The number of halogens is 1. The smallest absolute Gasteiger partial charge is 0.262 e. The molecule has 3 rings (SSSR count). The van der Waals surface area contributed by atoms with E-state index in [1.165, 1.54) is 22.0 Å². The summed E-state index contributed by atoms with van der Waals surface area (Å²) in [7, 11) is 1.62. The average Bonchev–Trinajstić information content (AvgIpc) is 3.31. The highest BCUT2D eigenvalue weighted by atomic mass is 32.1. The van der Waals surface area contributed by atoms with Gasteiger partial charge in [-0.3, -0.25) is 9.59 Å². The zero-order valence-corrected chi connectivity index (χ0v) is 16.4. The third-order valence-electron chi connectivity index (χ3n) is 4.47. The molecule has 1 aromatic carbocycles. The molecule has 2 aromatic rings. The molecule has 0 aliphatic carbocycles. The van der Waals surface area contributed by atoms with Crippen LogP contribution in [0.1, 0.15) is 36.8 Å². The van der Waals surface area contributed by atoms with Gasteiger partial charge in [0.25, 0.3) is 5.91 Å². The van der Waals surface area contributed by atoms with E-state index in [2.05, 4.69) is 5.10 Å². The minimum Gasteiger partial charge on any atom is -0.336 e. The topological polar surface area (TPSA) is 53.0 Å². The third kappa shape index (κ3) is 4.24. The zero-order valence-electron chi connectivity index (χ0n) is 15.6. The Morgan fingerprint density at radius 3 is 2.59 bits per heavy atom. The second kappa shape index (κ2) is 8.00. The van der Waals surface area contributed by atoms with E-state index in [0.717, 1.165) is 16.2 Å². The first kappa shape index (κ1) is 19.2. The lowest BCUT2D eigenvalue weighted by molar-refractivity contribution is -0.142. The molecule has 27 heavy (non-hydrogen) atoms. The van der Waals surface area contributed by atoms with Crippen LogP contribution < -0.4 is 0 Å². The fourth-order valence-electron chi connectivity index (χ4n) is 3.07. The number of carbonyl (C=O) groups excluding carboxylic acids is 2. The van der Waals surface area contributed by atoms with E-state index in [9.17, 15) is 14.0 Å². The standard InChI is InChI=1S/C20H22FN3O2S/c1-13(2)20(26)23(3)12-19(25)24-17(14-6-8-15(21)9-7-14)11-16(22-24)18-5-4-10-27-18/h4-10,13,17H,11-12H2,1-3H3/t17-/m1/s1. The molecule has 1 aliphatic rings. The molecular weight excluding hydrogens is 365 g/mol. The van der Waals surface area contributed by atoms with Gasteiger partial charge in [0.1, 0.15) is 12.4 Å². The Labute approximate surface area is 162 Å². The fourth-order valence-corrected chi connectivity index (χ4v) is 3.79. The molecule has 0 unspecified atom stereocenters. The Morgan fingerprint density at radius 1 is 1.30 bits per heavy atom. The van der Waals surface area contributed by atoms with Crippen LogP contribution >= 0.6 is 11.3 Å². The number of likely N-dealkylation sites (N-methyl/N-ethyl adjacent to an activating group) is 1. The van der Waals surface area contributed by atoms with Crippen molar-refractivity contribution in [2.24, 2.45) is 11.0 Å². The number of nitrogens with zero attached hydrogens (tertiary/aromatic N) is 3. The van der Waals surface area contributed by atoms with Gasteiger partial charge in [0.05, 0.1) is 16.6 Å². The van der Waals surface area contributed by atoms with Crippen LogP contribution in [0.4, 0.5) is 4.39 Å². The van der Waals surface area contributed by atoms with Crippen molar-refractivity contribution in [3.63, 3.8) is 0 Å². The normalized spacial score (nSPS) is 16.6. The van der Waals surface area contributed by atoms with Crippen molar-refractivity contribution in [3.05, 3.63) is 58.0 Å². The average molecular weight is 387 g/mol. The summed E-state index contributed by atoms with van der Waals surface area (Å²) >= 11 is 1.56. The number of amides is 2. The van der Waals surface area contributed by atoms with Gasteiger partial charge in [-0.1, -0.05) is 32.0 Å². The Kier molecular flexibility index (Phi) is 5.70. The van der Waals surface area contributed by atoms with Crippen LogP contribution in [0.5, 0.6) is 0 Å². The van der Waals surface area contributed by atoms with Gasteiger partial charge in [0.15, 0.2) is 0 Å². The lowest BCUT2D eigenvalue weighted by atomic mass is 10.0. The molecule has 1 atom stereocenters. The minimum atomic E-state index is -0.323. The van der Waals surface area contributed by atoms with Crippen molar-refractivity contribution in [2.75, 3.05) is 13.6 Å². The maximum absolute atomic E-state index is 13.3. The van der Waals surface area contributed by atoms with Crippen molar-refractivity contribution >= 4 is 28.9 Å². The first-order valence-electron chi connectivity index (χ1n) is 8.80. The van der Waals surface area contributed by atoms with E-state index in [1.54, 1.807) is 44.4 Å². The Bertz CT molecular complexity index is 847. The van der Waals surface area contributed by atoms with E-state index in [-0.39, 0.29) is 36.1 Å². The molecule has 2 heterocycles. The van der Waals surface area contributed by atoms with Crippen LogP contribution in [0.25, 0.3) is 0 Å². The molecular formula is C20H22FN3O2S. The highest BCUT2D eigenvalue weighted by Crippen LogP contribution is 2.34. The van der Waals surface area contributed by atoms with Gasteiger partial charge in [-0.25, -0.2) is 9.40 Å². The molecule has 2 amide bonds. The van der Waals surface area contributed by atoms with Gasteiger partial charge in [-0.05, 0) is 29.1 Å². The molecule has 5 nitrogen and oxygen atoms in total. The lowest BCUT2D eigenvalue weighted by Gasteiger charge is -2.25. The predicted molar refractivity (Wildman–Crippen MR) is 104 cm³/mol. The van der Waals surface area contributed by atoms with Gasteiger partial charge in [0, 0.05) is 19.4 Å². The SMILES string of the molecule is CC(C)C(=O)N(C)CC(=O)N1N=C(c2cccs2)C[C@@H]1c1ccc(F)cc1. The number of hydrazone groups is 1. The van der Waals surface area contributed by atoms with Gasteiger partial charge >= 0.3 is 0 Å². The van der Waals surface area contributed by atoms with Gasteiger partial charge < -0.3 is 4.90 Å². The van der Waals surface area contributed by atoms with Crippen molar-refractivity contribution in [1.29, 1.82) is 0 Å². The second-order valence-electron chi connectivity index (χ2n) is 6.88. The van der Waals surface area contributed by atoms with Crippen molar-refractivity contribution < 1.29 is 14.0 Å². The monoisotopic (exact) mass is 387 g/mol. The van der Waals surface area contributed by atoms with E-state index < -0.39 is 0 Å². The largest absolute Gasteiger partial charge is 0.336 e. The fraction of sp³-hybridized carbons (Fsp3) is 0.350. The Balaban J connectivity index is 1.85. The molecule has 7 heteroatoms. The van der Waals surface area contributed by atoms with E-state index in [4.69, 9.17) is 0 Å². The molecule has 1 aliphatic heterocycles. The van der Waals surface area contributed by atoms with Crippen molar-refractivity contribution in [2.45, 2.75) is 26.3 Å². The summed E-state index contributed by atoms with van der Waals surface area (Å²) in [6.07, 6.45) is 0.555. The Hall–Kier alpha value is -2.54. The second-order valence-corrected chi connectivity index (χ2v) is 7.83. The van der Waals surface area contributed by atoms with Crippen molar-refractivity contribution in [1.82, 2.24) is 9.91 Å². The third-order valence-corrected chi connectivity index (χ3v) is 5.39. The molecule has 0 saturated heterocycles. The minimum absolute atomic E-state index is 0.0457. The molecule has 0 spiro atoms. The van der Waals surface area contributed by atoms with E-state index in [0.29, 0.717) is 6.42 Å². The van der Waals surface area contributed by atoms with E-state index in [1.807, 2.05) is 17.5 Å². The Morgan fingerprint density at radius 2 is 2.00 bits per heavy atom. The van der Waals surface area contributed by atoms with Crippen LogP contribution in [-0.2, 0) is 9.59 Å². The van der Waals surface area contributed by atoms with Crippen LogP contribution in [0, 0.1) is 11.7 Å². The summed E-state index contributed by atoms with van der Waals surface area (Å²) in [5.74, 6) is -0.855. The molecule has 0 fully saturated rings. The summed E-state index contributed by atoms with van der Waals surface area (Å²) in [6, 6.07) is 9.72. The number of carbonyl (C=O) groups is 2. The van der Waals surface area contributed by atoms with Crippen LogP contribution in [0.2, 0.25) is 0 Å². The van der Waals surface area contributed by atoms with Gasteiger partial charge in [-0.2, -0.15) is 5.10 Å².